The van der Waals surface area contributed by atoms with Crippen LogP contribution >= 0.6 is 0 Å². The third-order valence-electron chi connectivity index (χ3n) is 30.7. The van der Waals surface area contributed by atoms with Crippen LogP contribution in [0.3, 0.4) is 0 Å². The Kier molecular flexibility index (Phi) is 19.6. The van der Waals surface area contributed by atoms with Crippen molar-refractivity contribution in [2.45, 2.75) is 20.8 Å². The Bertz CT molecular complexity index is 10300. The molecule has 3 aromatic heterocycles. The summed E-state index contributed by atoms with van der Waals surface area (Å²) in [5.41, 5.74) is 44.8. The van der Waals surface area contributed by atoms with E-state index in [1.807, 2.05) is 36.4 Å². The highest BCUT2D eigenvalue weighted by atomic mass is 16.3. The zero-order valence-corrected chi connectivity index (χ0v) is 80.9. The maximum absolute atomic E-state index is 6.38. The van der Waals surface area contributed by atoms with Crippen LogP contribution in [0.15, 0.2) is 511 Å². The van der Waals surface area contributed by atoms with Gasteiger partial charge in [0, 0.05) is 96.0 Å². The Hall–Kier alpha value is -19.1. The molecule has 147 heavy (non-hydrogen) atoms. The molecule has 688 valence electrons. The van der Waals surface area contributed by atoms with E-state index < -0.39 is 0 Å². The van der Waals surface area contributed by atoms with Crippen LogP contribution in [0.1, 0.15) is 16.7 Å². The van der Waals surface area contributed by atoms with Gasteiger partial charge in [-0.1, -0.05) is 279 Å². The number of fused-ring (bicyclic) bond motifs is 27. The van der Waals surface area contributed by atoms with E-state index in [1.165, 1.54) is 198 Å². The Morgan fingerprint density at radius 2 is 0.374 bits per heavy atom. The van der Waals surface area contributed by atoms with Crippen LogP contribution in [0.4, 0.5) is 51.2 Å². The minimum absolute atomic E-state index is 0.879. The van der Waals surface area contributed by atoms with E-state index in [-0.39, 0.29) is 0 Å². The van der Waals surface area contributed by atoms with Crippen molar-refractivity contribution in [3.8, 4) is 111 Å². The third kappa shape index (κ3) is 14.5. The molecule has 0 radical (unpaired) electrons. The lowest BCUT2D eigenvalue weighted by Crippen LogP contribution is -2.13. The van der Waals surface area contributed by atoms with Crippen molar-refractivity contribution in [2.24, 2.45) is 0 Å². The van der Waals surface area contributed by atoms with E-state index in [9.17, 15) is 0 Å². The predicted molar refractivity (Wildman–Crippen MR) is 619 cm³/mol. The molecule has 0 unspecified atom stereocenters. The summed E-state index contributed by atoms with van der Waals surface area (Å²) in [5.74, 6) is 0. The van der Waals surface area contributed by atoms with Gasteiger partial charge in [-0.15, -0.1) is 0 Å². The van der Waals surface area contributed by atoms with Crippen LogP contribution in [0.2, 0.25) is 0 Å². The average molecular weight is 1880 g/mol. The molecule has 6 nitrogen and oxygen atoms in total. The number of hydrogen-bond acceptors (Lipinski definition) is 6. The molecule has 0 saturated heterocycles. The van der Waals surface area contributed by atoms with Crippen molar-refractivity contribution in [1.82, 2.24) is 0 Å². The first-order chi connectivity index (χ1) is 72.5. The number of anilines is 9. The molecule has 0 atom stereocenters. The first-order valence-electron chi connectivity index (χ1n) is 50.6. The molecule has 6 heteroatoms. The zero-order chi connectivity index (χ0) is 97.2. The Labute approximate surface area is 849 Å². The summed E-state index contributed by atoms with van der Waals surface area (Å²) in [6.45, 7) is 6.57. The van der Waals surface area contributed by atoms with Gasteiger partial charge in [0.25, 0.3) is 0 Å². The molecule has 25 aromatic carbocycles. The minimum atomic E-state index is 0.879. The van der Waals surface area contributed by atoms with Gasteiger partial charge >= 0.3 is 0 Å². The van der Waals surface area contributed by atoms with Gasteiger partial charge in [0.05, 0.1) is 5.69 Å². The van der Waals surface area contributed by atoms with Gasteiger partial charge in [-0.05, 0) is 414 Å². The smallest absolute Gasteiger partial charge is 0.137 e. The van der Waals surface area contributed by atoms with E-state index in [4.69, 9.17) is 13.3 Å². The van der Waals surface area contributed by atoms with Crippen molar-refractivity contribution >= 4 is 182 Å². The second-order valence-corrected chi connectivity index (χ2v) is 39.6. The number of furan rings is 3. The second kappa shape index (κ2) is 34.1. The van der Waals surface area contributed by atoms with Crippen LogP contribution in [0.25, 0.3) is 242 Å². The van der Waals surface area contributed by atoms with Gasteiger partial charge in [0.15, 0.2) is 0 Å². The fraction of sp³-hybridized carbons (Fsp3) is 0.0213. The van der Waals surface area contributed by atoms with Crippen molar-refractivity contribution in [3.05, 3.63) is 514 Å². The lowest BCUT2D eigenvalue weighted by Gasteiger charge is -2.29. The van der Waals surface area contributed by atoms with E-state index in [1.54, 1.807) is 0 Å². The normalized spacial score (nSPS) is 11.9. The molecule has 28 aromatic rings. The van der Waals surface area contributed by atoms with Gasteiger partial charge in [0.1, 0.15) is 33.5 Å². The van der Waals surface area contributed by atoms with Crippen LogP contribution in [-0.2, 0) is 0 Å². The summed E-state index contributed by atoms with van der Waals surface area (Å²) >= 11 is 0. The SMILES string of the molecule is Cc1cccc(C)c1N(c1ccc2cc3c(cc2c1)-c1cc2cc(-c4ccccc4)ccc2cc1-3)c1ccc2c(c1)oc1ccccc12.Cc1ccccc1N(c1ccc2cc3c(cc2c1)-c1cc2cc(-c4ccccc4)ccc2cc1-3)c1ccc2c(c1)oc1ccccc12.c1ccc(-c2cccc(N(c3ccc4cc5c(cc4c3)-c3cc4cc(-c6ccccc6)ccc4cc3-5)c3ccc4c(c3)oc3ccccc34)c2)cc1. The van der Waals surface area contributed by atoms with Crippen molar-refractivity contribution in [2.75, 3.05) is 14.7 Å². The first kappa shape index (κ1) is 84.7. The molecule has 0 bridgehead atoms. The lowest BCUT2D eigenvalue weighted by molar-refractivity contribution is 0.668. The monoisotopic (exact) mass is 1870 g/mol. The van der Waals surface area contributed by atoms with E-state index in [0.29, 0.717) is 0 Å². The van der Waals surface area contributed by atoms with Crippen LogP contribution in [0, 0.1) is 20.8 Å². The number of hydrogen-bond donors (Lipinski definition) is 0. The van der Waals surface area contributed by atoms with Gasteiger partial charge in [-0.3, -0.25) is 0 Å². The Morgan fingerprint density at radius 1 is 0.136 bits per heavy atom. The molecular formula is C141H91N3O3. The topological polar surface area (TPSA) is 49.1 Å². The molecule has 0 spiro atoms. The van der Waals surface area contributed by atoms with E-state index >= 15 is 0 Å². The summed E-state index contributed by atoms with van der Waals surface area (Å²) in [7, 11) is 0. The molecule has 0 aliphatic heterocycles. The molecule has 0 saturated carbocycles. The average Bonchev–Trinajstić information content (AvgIpc) is 1.34. The number of nitrogens with zero attached hydrogens (tertiary/aromatic N) is 3. The van der Waals surface area contributed by atoms with Crippen molar-refractivity contribution in [3.63, 3.8) is 0 Å². The van der Waals surface area contributed by atoms with Crippen molar-refractivity contribution in [1.29, 1.82) is 0 Å². The quantitative estimate of drug-likeness (QED) is 0.115. The summed E-state index contributed by atoms with van der Waals surface area (Å²) in [4.78, 5) is 7.10. The molecule has 0 amide bonds. The Morgan fingerprint density at radius 3 is 0.735 bits per heavy atom. The summed E-state index contributed by atoms with van der Waals surface area (Å²) in [5, 5.41) is 21.9. The van der Waals surface area contributed by atoms with Gasteiger partial charge < -0.3 is 28.0 Å². The lowest BCUT2D eigenvalue weighted by atomic mass is 9.77. The zero-order valence-electron chi connectivity index (χ0n) is 80.9. The highest BCUT2D eigenvalue weighted by molar-refractivity contribution is 6.18. The highest BCUT2D eigenvalue weighted by Gasteiger charge is 2.31. The van der Waals surface area contributed by atoms with E-state index in [0.717, 1.165) is 111 Å². The molecule has 0 N–H and O–H groups in total. The molecule has 31 rings (SSSR count). The van der Waals surface area contributed by atoms with E-state index in [2.05, 4.69) is 497 Å². The maximum atomic E-state index is 6.38. The summed E-state index contributed by atoms with van der Waals surface area (Å²) in [6, 6.07) is 180. The molecule has 0 fully saturated rings. The molecule has 3 aliphatic carbocycles. The fourth-order valence-electron chi connectivity index (χ4n) is 23.4. The minimum Gasteiger partial charge on any atom is -0.456 e. The number of para-hydroxylation sites is 5. The predicted octanol–water partition coefficient (Wildman–Crippen LogP) is 40.6. The van der Waals surface area contributed by atoms with Crippen molar-refractivity contribution < 1.29 is 13.3 Å². The highest BCUT2D eigenvalue weighted by Crippen LogP contribution is 2.57. The number of aryl methyl sites for hydroxylation is 3. The van der Waals surface area contributed by atoms with Gasteiger partial charge in [-0.2, -0.15) is 0 Å². The fourth-order valence-corrected chi connectivity index (χ4v) is 23.4. The standard InChI is InChI=1S/C50H31NO.C46H31NO.C45H29NO/c1-3-10-32(11-4-1)34-14-9-15-40(25-34)51(42-22-23-44-43-16-7-8-17-49(43)52-50(44)31-42)41-21-20-37-28-46-45-27-36-19-18-35(33-12-5-2-6-13-33)24-38(36)29-47(45)48(46)30-39(37)26-41;1-28-9-8-10-29(2)46(28)47(37-19-20-39-38-13-6-7-14-44(38)48-45(39)27-37)36-18-17-33-24-41-40-23-32-16-15-31(30-11-4-3-5-12-30)21-34(32)25-42(40)43(41)26-35(33)22-36;1-28-9-5-7-13-43(28)46(36-19-20-38-37-12-6-8-14-44(37)47-45(38)27-36)35-18-17-32-24-40-39-23-31-16-15-30(29-10-3-2-4-11-29)21-33(31)25-41(39)42(40)26-34(32)22-35/h1-31H;3-27H,1-2H3;2-27H,1H3. The van der Waals surface area contributed by atoms with Gasteiger partial charge in [0.2, 0.25) is 0 Å². The van der Waals surface area contributed by atoms with Crippen LogP contribution in [-0.4, -0.2) is 0 Å². The number of benzene rings is 25. The largest absolute Gasteiger partial charge is 0.456 e. The summed E-state index contributed by atoms with van der Waals surface area (Å²) < 4.78 is 19.1. The molecule has 3 aliphatic rings. The van der Waals surface area contributed by atoms with Crippen LogP contribution in [0.5, 0.6) is 0 Å². The Balaban J connectivity index is 0.000000104. The molecular weight excluding hydrogens is 1780 g/mol. The molecule has 3 heterocycles. The third-order valence-corrected chi connectivity index (χ3v) is 30.7. The second-order valence-electron chi connectivity index (χ2n) is 39.6. The van der Waals surface area contributed by atoms with Gasteiger partial charge in [-0.25, -0.2) is 0 Å². The number of rotatable bonds is 13. The maximum Gasteiger partial charge on any atom is 0.137 e. The first-order valence-corrected chi connectivity index (χ1v) is 50.6. The van der Waals surface area contributed by atoms with Crippen LogP contribution < -0.4 is 14.7 Å². The summed E-state index contributed by atoms with van der Waals surface area (Å²) in [6.07, 6.45) is 0.